The number of benzene rings is 1. The van der Waals surface area contributed by atoms with Crippen LogP contribution in [0.15, 0.2) is 29.2 Å². The van der Waals surface area contributed by atoms with Gasteiger partial charge in [-0.2, -0.15) is 9.57 Å². The number of nitriles is 1. The van der Waals surface area contributed by atoms with Crippen molar-refractivity contribution >= 4 is 27.8 Å². The third-order valence-corrected chi connectivity index (χ3v) is 5.81. The van der Waals surface area contributed by atoms with Gasteiger partial charge in [0.1, 0.15) is 17.0 Å². The largest absolute Gasteiger partial charge is 0.480 e. The molecule has 2 rings (SSSR count). The number of carbonyl (C=O) groups is 1. The number of hydrogen-bond acceptors (Lipinski definition) is 5. The van der Waals surface area contributed by atoms with Crippen molar-refractivity contribution in [2.75, 3.05) is 11.6 Å². The van der Waals surface area contributed by atoms with E-state index in [0.717, 1.165) is 4.31 Å². The molecular weight excluding hydrogens is 288 g/mol. The predicted octanol–water partition coefficient (Wildman–Crippen LogP) is 0.706. The van der Waals surface area contributed by atoms with Crippen LogP contribution in [0.5, 0.6) is 0 Å². The summed E-state index contributed by atoms with van der Waals surface area (Å²) in [5.41, 5.74) is 0.0172. The molecule has 0 amide bonds. The molecule has 1 aliphatic heterocycles. The smallest absolute Gasteiger partial charge is 0.322 e. The number of aliphatic carboxylic acids is 1. The summed E-state index contributed by atoms with van der Waals surface area (Å²) in [6.45, 7) is 0. The maximum Gasteiger partial charge on any atom is 0.322 e. The standard InChI is InChI=1S/C11H10N2O4S2/c12-5-8-3-1-2-4-10(8)19(16,17)13-7-18-6-9(13)11(14)15/h1-4,9H,6-7H2,(H,14,15). The van der Waals surface area contributed by atoms with E-state index in [9.17, 15) is 13.2 Å². The number of thioether (sulfide) groups is 1. The van der Waals surface area contributed by atoms with Crippen molar-refractivity contribution in [3.05, 3.63) is 29.8 Å². The quantitative estimate of drug-likeness (QED) is 0.882. The van der Waals surface area contributed by atoms with E-state index >= 15 is 0 Å². The Bertz CT molecular complexity index is 651. The fraction of sp³-hybridized carbons (Fsp3) is 0.273. The summed E-state index contributed by atoms with van der Waals surface area (Å²) in [4.78, 5) is 10.9. The van der Waals surface area contributed by atoms with Crippen molar-refractivity contribution in [1.29, 1.82) is 5.26 Å². The summed E-state index contributed by atoms with van der Waals surface area (Å²) in [5, 5.41) is 18.0. The van der Waals surface area contributed by atoms with Crippen molar-refractivity contribution in [2.24, 2.45) is 0 Å². The molecule has 1 fully saturated rings. The Kier molecular flexibility index (Phi) is 3.80. The molecule has 1 aliphatic rings. The van der Waals surface area contributed by atoms with Crippen molar-refractivity contribution in [3.8, 4) is 6.07 Å². The van der Waals surface area contributed by atoms with Gasteiger partial charge in [-0.05, 0) is 12.1 Å². The van der Waals surface area contributed by atoms with Crippen LogP contribution in [0, 0.1) is 11.3 Å². The second-order valence-corrected chi connectivity index (χ2v) is 6.71. The van der Waals surface area contributed by atoms with E-state index in [1.807, 2.05) is 6.07 Å². The summed E-state index contributed by atoms with van der Waals surface area (Å²) in [5.74, 6) is -0.884. The summed E-state index contributed by atoms with van der Waals surface area (Å²) >= 11 is 1.24. The van der Waals surface area contributed by atoms with Crippen LogP contribution in [0.3, 0.4) is 0 Å². The highest BCUT2D eigenvalue weighted by Crippen LogP contribution is 2.29. The average molecular weight is 298 g/mol. The number of carboxylic acid groups (broad SMARTS) is 1. The first-order chi connectivity index (χ1) is 8.98. The second-order valence-electron chi connectivity index (χ2n) is 3.85. The number of sulfonamides is 1. The molecule has 0 radical (unpaired) electrons. The fourth-order valence-corrected chi connectivity index (χ4v) is 5.05. The first kappa shape index (κ1) is 13.9. The molecular formula is C11H10N2O4S2. The molecule has 0 bridgehead atoms. The van der Waals surface area contributed by atoms with Gasteiger partial charge in [-0.1, -0.05) is 12.1 Å². The lowest BCUT2D eigenvalue weighted by Crippen LogP contribution is -2.41. The van der Waals surface area contributed by atoms with Crippen molar-refractivity contribution in [2.45, 2.75) is 10.9 Å². The van der Waals surface area contributed by atoms with Gasteiger partial charge in [0.2, 0.25) is 10.0 Å². The third kappa shape index (κ3) is 2.45. The van der Waals surface area contributed by atoms with Crippen LogP contribution in [-0.4, -0.2) is 41.5 Å². The third-order valence-electron chi connectivity index (χ3n) is 2.72. The molecule has 1 heterocycles. The van der Waals surface area contributed by atoms with Gasteiger partial charge >= 0.3 is 5.97 Å². The number of hydrogen-bond donors (Lipinski definition) is 1. The van der Waals surface area contributed by atoms with Crippen molar-refractivity contribution in [1.82, 2.24) is 4.31 Å². The van der Waals surface area contributed by atoms with E-state index in [0.29, 0.717) is 0 Å². The molecule has 1 N–H and O–H groups in total. The van der Waals surface area contributed by atoms with Gasteiger partial charge in [0.15, 0.2) is 0 Å². The van der Waals surface area contributed by atoms with Crippen molar-refractivity contribution in [3.63, 3.8) is 0 Å². The lowest BCUT2D eigenvalue weighted by molar-refractivity contribution is -0.140. The second kappa shape index (κ2) is 5.21. The topological polar surface area (TPSA) is 98.5 Å². The van der Waals surface area contributed by atoms with Crippen LogP contribution in [0.4, 0.5) is 0 Å². The zero-order chi connectivity index (χ0) is 14.0. The van der Waals surface area contributed by atoms with Crippen LogP contribution in [-0.2, 0) is 14.8 Å². The van der Waals surface area contributed by atoms with Crippen LogP contribution in [0.25, 0.3) is 0 Å². The lowest BCUT2D eigenvalue weighted by Gasteiger charge is -2.20. The minimum Gasteiger partial charge on any atom is -0.480 e. The molecule has 1 atom stereocenters. The molecule has 1 saturated heterocycles. The Morgan fingerprint density at radius 3 is 2.79 bits per heavy atom. The van der Waals surface area contributed by atoms with Gasteiger partial charge in [0, 0.05) is 5.75 Å². The maximum absolute atomic E-state index is 12.4. The average Bonchev–Trinajstić information content (AvgIpc) is 2.88. The van der Waals surface area contributed by atoms with E-state index in [4.69, 9.17) is 10.4 Å². The van der Waals surface area contributed by atoms with Gasteiger partial charge in [-0.15, -0.1) is 11.8 Å². The Morgan fingerprint density at radius 2 is 2.16 bits per heavy atom. The molecule has 0 aliphatic carbocycles. The van der Waals surface area contributed by atoms with Crippen LogP contribution in [0.1, 0.15) is 5.56 Å². The normalized spacial score (nSPS) is 20.1. The lowest BCUT2D eigenvalue weighted by atomic mass is 10.2. The molecule has 0 aromatic heterocycles. The van der Waals surface area contributed by atoms with Gasteiger partial charge < -0.3 is 5.11 Å². The molecule has 6 nitrogen and oxygen atoms in total. The fourth-order valence-electron chi connectivity index (χ4n) is 1.77. The highest BCUT2D eigenvalue weighted by atomic mass is 32.2. The zero-order valence-corrected chi connectivity index (χ0v) is 11.3. The van der Waals surface area contributed by atoms with Gasteiger partial charge in [-0.3, -0.25) is 4.79 Å². The summed E-state index contributed by atoms with van der Waals surface area (Å²) in [6.07, 6.45) is 0. The Balaban J connectivity index is 2.49. The Morgan fingerprint density at radius 1 is 1.47 bits per heavy atom. The molecule has 19 heavy (non-hydrogen) atoms. The SMILES string of the molecule is N#Cc1ccccc1S(=O)(=O)N1CSCC1C(=O)O. The summed E-state index contributed by atoms with van der Waals surface area (Å²) in [7, 11) is -3.97. The van der Waals surface area contributed by atoms with E-state index in [2.05, 4.69) is 0 Å². The Hall–Kier alpha value is -1.56. The molecule has 1 unspecified atom stereocenters. The Labute approximate surface area is 114 Å². The highest BCUT2D eigenvalue weighted by molar-refractivity contribution is 8.00. The zero-order valence-electron chi connectivity index (χ0n) is 9.68. The minimum absolute atomic E-state index is 0.0172. The number of nitrogens with zero attached hydrogens (tertiary/aromatic N) is 2. The van der Waals surface area contributed by atoms with Gasteiger partial charge in [-0.25, -0.2) is 8.42 Å². The first-order valence-corrected chi connectivity index (χ1v) is 7.89. The first-order valence-electron chi connectivity index (χ1n) is 5.30. The van der Waals surface area contributed by atoms with E-state index in [1.165, 1.54) is 30.0 Å². The number of carboxylic acids is 1. The molecule has 1 aromatic carbocycles. The summed E-state index contributed by atoms with van der Waals surface area (Å²) < 4.78 is 25.8. The van der Waals surface area contributed by atoms with Crippen LogP contribution in [0.2, 0.25) is 0 Å². The van der Waals surface area contributed by atoms with E-state index in [1.54, 1.807) is 6.07 Å². The predicted molar refractivity (Wildman–Crippen MR) is 68.9 cm³/mol. The minimum atomic E-state index is -3.97. The van der Waals surface area contributed by atoms with E-state index in [-0.39, 0.29) is 22.1 Å². The molecule has 1 aromatic rings. The van der Waals surface area contributed by atoms with E-state index < -0.39 is 22.0 Å². The van der Waals surface area contributed by atoms with Gasteiger partial charge in [0.25, 0.3) is 0 Å². The molecule has 8 heteroatoms. The maximum atomic E-state index is 12.4. The molecule has 0 spiro atoms. The highest BCUT2D eigenvalue weighted by Gasteiger charge is 2.40. The molecule has 100 valence electrons. The summed E-state index contributed by atoms with van der Waals surface area (Å²) in [6, 6.07) is 6.50. The van der Waals surface area contributed by atoms with Crippen molar-refractivity contribution < 1.29 is 18.3 Å². The monoisotopic (exact) mass is 298 g/mol. The van der Waals surface area contributed by atoms with Crippen LogP contribution >= 0.6 is 11.8 Å². The van der Waals surface area contributed by atoms with Gasteiger partial charge in [0.05, 0.1) is 11.4 Å². The van der Waals surface area contributed by atoms with Crippen LogP contribution < -0.4 is 0 Å². The number of rotatable bonds is 3. The molecule has 0 saturated carbocycles.